The van der Waals surface area contributed by atoms with Crippen molar-refractivity contribution >= 4 is 17.2 Å². The third kappa shape index (κ3) is 7.78. The number of hydrogen-bond acceptors (Lipinski definition) is 5. The van der Waals surface area contributed by atoms with Crippen LogP contribution in [0.5, 0.6) is 0 Å². The summed E-state index contributed by atoms with van der Waals surface area (Å²) in [5.41, 5.74) is 1.75. The van der Waals surface area contributed by atoms with Gasteiger partial charge < -0.3 is 4.90 Å². The molecule has 1 amide bonds. The first-order valence-electron chi connectivity index (χ1n) is 13.4. The molecule has 0 unspecified atom stereocenters. The van der Waals surface area contributed by atoms with Crippen LogP contribution in [0.25, 0.3) is 0 Å². The molecule has 0 bridgehead atoms. The van der Waals surface area contributed by atoms with Crippen molar-refractivity contribution in [2.75, 3.05) is 26.2 Å². The van der Waals surface area contributed by atoms with Gasteiger partial charge in [-0.1, -0.05) is 66.7 Å². The minimum absolute atomic E-state index is 0.134. The molecule has 1 fully saturated rings. The second-order valence-electron chi connectivity index (χ2n) is 10.1. The van der Waals surface area contributed by atoms with Crippen molar-refractivity contribution in [2.24, 2.45) is 0 Å². The van der Waals surface area contributed by atoms with E-state index in [0.29, 0.717) is 34.9 Å². The largest absolute Gasteiger partial charge is 0.416 e. The maximum atomic E-state index is 14.5. The molecule has 1 aromatic heterocycles. The fourth-order valence-corrected chi connectivity index (χ4v) is 5.73. The minimum Gasteiger partial charge on any atom is -0.335 e. The summed E-state index contributed by atoms with van der Waals surface area (Å²) in [7, 11) is 0. The summed E-state index contributed by atoms with van der Waals surface area (Å²) in [6.45, 7) is 4.18. The van der Waals surface area contributed by atoms with Crippen molar-refractivity contribution < 1.29 is 22.4 Å². The van der Waals surface area contributed by atoms with Crippen LogP contribution in [0.1, 0.15) is 37.7 Å². The number of piperazine rings is 1. The number of rotatable bonds is 9. The van der Waals surface area contributed by atoms with Crippen LogP contribution < -0.4 is 0 Å². The van der Waals surface area contributed by atoms with E-state index in [9.17, 15) is 22.4 Å². The van der Waals surface area contributed by atoms with Crippen molar-refractivity contribution in [1.82, 2.24) is 19.7 Å². The van der Waals surface area contributed by atoms with Crippen molar-refractivity contribution in [3.05, 3.63) is 123 Å². The molecule has 0 saturated carbocycles. The summed E-state index contributed by atoms with van der Waals surface area (Å²) in [5.74, 6) is -0.520. The molecule has 214 valence electrons. The molecule has 0 spiro atoms. The molecule has 2 heterocycles. The van der Waals surface area contributed by atoms with E-state index in [4.69, 9.17) is 0 Å². The van der Waals surface area contributed by atoms with Gasteiger partial charge in [0.2, 0.25) is 0 Å². The Bertz CT molecular complexity index is 1450. The van der Waals surface area contributed by atoms with E-state index in [2.05, 4.69) is 22.0 Å². The normalized spacial score (nSPS) is 14.5. The average molecular weight is 583 g/mol. The molecule has 0 N–H and O–H groups in total. The second-order valence-corrected chi connectivity index (χ2v) is 11.1. The number of amides is 1. The summed E-state index contributed by atoms with van der Waals surface area (Å²) in [4.78, 5) is 23.7. The molecule has 1 saturated heterocycles. The molecule has 0 aliphatic carbocycles. The lowest BCUT2D eigenvalue weighted by atomic mass is 10.1. The van der Waals surface area contributed by atoms with Crippen LogP contribution in [0.3, 0.4) is 0 Å². The predicted molar refractivity (Wildman–Crippen MR) is 151 cm³/mol. The monoisotopic (exact) mass is 582 g/mol. The van der Waals surface area contributed by atoms with E-state index >= 15 is 0 Å². The number of thiazole rings is 1. The Kier molecular flexibility index (Phi) is 9.12. The van der Waals surface area contributed by atoms with Gasteiger partial charge in [0.05, 0.1) is 12.1 Å². The molecule has 1 aliphatic rings. The molecule has 10 heteroatoms. The quantitative estimate of drug-likeness (QED) is 0.213. The van der Waals surface area contributed by atoms with E-state index in [0.717, 1.165) is 31.8 Å². The van der Waals surface area contributed by atoms with Crippen LogP contribution in [0.2, 0.25) is 0 Å². The molecule has 5 rings (SSSR count). The Labute approximate surface area is 240 Å². The van der Waals surface area contributed by atoms with Gasteiger partial charge in [0, 0.05) is 56.8 Å². The van der Waals surface area contributed by atoms with Gasteiger partial charge >= 0.3 is 6.18 Å². The molecule has 0 radical (unpaired) electrons. The van der Waals surface area contributed by atoms with Gasteiger partial charge in [-0.05, 0) is 23.3 Å². The Morgan fingerprint density at radius 2 is 1.56 bits per heavy atom. The smallest absolute Gasteiger partial charge is 0.335 e. The van der Waals surface area contributed by atoms with E-state index in [-0.39, 0.29) is 31.4 Å². The minimum atomic E-state index is -4.45. The molecular weight excluding hydrogens is 552 g/mol. The number of carbonyl (C=O) groups excluding carboxylic acids is 1. The summed E-state index contributed by atoms with van der Waals surface area (Å²) < 4.78 is 54.4. The van der Waals surface area contributed by atoms with Crippen LogP contribution in [0.15, 0.2) is 84.2 Å². The van der Waals surface area contributed by atoms with Crippen LogP contribution in [-0.2, 0) is 32.4 Å². The zero-order valence-electron chi connectivity index (χ0n) is 22.4. The van der Waals surface area contributed by atoms with Gasteiger partial charge in [-0.2, -0.15) is 13.2 Å². The molecule has 0 atom stereocenters. The van der Waals surface area contributed by atoms with Gasteiger partial charge in [-0.3, -0.25) is 14.6 Å². The summed E-state index contributed by atoms with van der Waals surface area (Å²) >= 11 is 1.32. The predicted octanol–water partition coefficient (Wildman–Crippen LogP) is 6.46. The second kappa shape index (κ2) is 12.9. The lowest BCUT2D eigenvalue weighted by Crippen LogP contribution is -2.48. The third-order valence-corrected chi connectivity index (χ3v) is 7.88. The highest BCUT2D eigenvalue weighted by molar-refractivity contribution is 7.09. The van der Waals surface area contributed by atoms with Crippen molar-refractivity contribution in [2.45, 2.75) is 32.4 Å². The van der Waals surface area contributed by atoms with E-state index in [1.54, 1.807) is 34.5 Å². The van der Waals surface area contributed by atoms with Crippen LogP contribution >= 0.6 is 11.3 Å². The standard InChI is InChI=1S/C31H30F4N4OS/c32-27-12-5-4-10-25(27)20-38(19-24-9-6-11-26(17-24)31(33,34)35)21-29-36-28(22-41-29)30(40)39-15-13-37(14-16-39)18-23-7-2-1-3-8-23/h1-12,17,22H,13-16,18-21H2. The van der Waals surface area contributed by atoms with Gasteiger partial charge in [-0.15, -0.1) is 11.3 Å². The van der Waals surface area contributed by atoms with Crippen LogP contribution in [0, 0.1) is 5.82 Å². The van der Waals surface area contributed by atoms with E-state index < -0.39 is 11.7 Å². The summed E-state index contributed by atoms with van der Waals surface area (Å²) in [6, 6.07) is 21.7. The Hall–Kier alpha value is -3.60. The average Bonchev–Trinajstić information content (AvgIpc) is 3.43. The zero-order chi connectivity index (χ0) is 28.8. The molecule has 4 aromatic rings. The lowest BCUT2D eigenvalue weighted by Gasteiger charge is -2.34. The fourth-order valence-electron chi connectivity index (χ4n) is 4.93. The lowest BCUT2D eigenvalue weighted by molar-refractivity contribution is -0.137. The first-order valence-corrected chi connectivity index (χ1v) is 14.2. The Morgan fingerprint density at radius 1 is 0.854 bits per heavy atom. The molecule has 41 heavy (non-hydrogen) atoms. The number of halogens is 4. The van der Waals surface area contributed by atoms with Crippen molar-refractivity contribution in [3.8, 4) is 0 Å². The highest BCUT2D eigenvalue weighted by Gasteiger charge is 2.30. The highest BCUT2D eigenvalue weighted by atomic mass is 32.1. The summed E-state index contributed by atoms with van der Waals surface area (Å²) in [5, 5.41) is 2.36. The molecular formula is C31H30F4N4OS. The molecule has 5 nitrogen and oxygen atoms in total. The number of benzene rings is 3. The topological polar surface area (TPSA) is 39.7 Å². The number of carbonyl (C=O) groups is 1. The number of alkyl halides is 3. The van der Waals surface area contributed by atoms with Gasteiger partial charge in [-0.25, -0.2) is 9.37 Å². The first-order chi connectivity index (χ1) is 19.7. The van der Waals surface area contributed by atoms with E-state index in [1.165, 1.54) is 29.0 Å². The molecule has 3 aromatic carbocycles. The maximum Gasteiger partial charge on any atom is 0.416 e. The van der Waals surface area contributed by atoms with Crippen LogP contribution in [0.4, 0.5) is 17.6 Å². The Balaban J connectivity index is 1.25. The van der Waals surface area contributed by atoms with Crippen molar-refractivity contribution in [3.63, 3.8) is 0 Å². The van der Waals surface area contributed by atoms with Crippen LogP contribution in [-0.4, -0.2) is 51.8 Å². The Morgan fingerprint density at radius 3 is 2.29 bits per heavy atom. The fraction of sp³-hybridized carbons (Fsp3) is 0.290. The number of aromatic nitrogens is 1. The van der Waals surface area contributed by atoms with Crippen molar-refractivity contribution in [1.29, 1.82) is 0 Å². The third-order valence-electron chi connectivity index (χ3n) is 7.05. The van der Waals surface area contributed by atoms with Gasteiger partial charge in [0.25, 0.3) is 5.91 Å². The number of nitrogens with zero attached hydrogens (tertiary/aromatic N) is 4. The zero-order valence-corrected chi connectivity index (χ0v) is 23.2. The van der Waals surface area contributed by atoms with Gasteiger partial charge in [0.15, 0.2) is 0 Å². The maximum absolute atomic E-state index is 14.5. The highest BCUT2D eigenvalue weighted by Crippen LogP contribution is 2.30. The first kappa shape index (κ1) is 28.9. The van der Waals surface area contributed by atoms with Gasteiger partial charge in [0.1, 0.15) is 16.5 Å². The van der Waals surface area contributed by atoms with E-state index in [1.807, 2.05) is 23.1 Å². The SMILES string of the molecule is O=C(c1csc(CN(Cc2cccc(C(F)(F)F)c2)Cc2ccccc2F)n1)N1CCN(Cc2ccccc2)CC1. The number of hydrogen-bond donors (Lipinski definition) is 0. The molecule has 1 aliphatic heterocycles. The summed E-state index contributed by atoms with van der Waals surface area (Å²) in [6.07, 6.45) is -4.45.